The fourth-order valence-electron chi connectivity index (χ4n) is 3.94. The second-order valence-electron chi connectivity index (χ2n) is 7.64. The molecule has 3 heterocycles. The van der Waals surface area contributed by atoms with Crippen LogP contribution in [0.4, 0.5) is 5.95 Å². The van der Waals surface area contributed by atoms with Crippen LogP contribution in [0.3, 0.4) is 0 Å². The van der Waals surface area contributed by atoms with Gasteiger partial charge in [-0.1, -0.05) is 18.2 Å². The van der Waals surface area contributed by atoms with Gasteiger partial charge >= 0.3 is 0 Å². The predicted octanol–water partition coefficient (Wildman–Crippen LogP) is 2.50. The molecule has 0 radical (unpaired) electrons. The van der Waals surface area contributed by atoms with Crippen LogP contribution >= 0.6 is 0 Å². The maximum atomic E-state index is 12.3. The molecule has 0 spiro atoms. The number of anilines is 1. The van der Waals surface area contributed by atoms with Crippen molar-refractivity contribution in [2.45, 2.75) is 6.54 Å². The van der Waals surface area contributed by atoms with Gasteiger partial charge in [0.25, 0.3) is 5.56 Å². The molecule has 1 N–H and O–H groups in total. The lowest BCUT2D eigenvalue weighted by atomic mass is 10.1. The molecule has 2 aromatic carbocycles. The van der Waals surface area contributed by atoms with Crippen molar-refractivity contribution in [3.05, 3.63) is 64.4 Å². The SMILES string of the molecule is COc1cccc(-c2cc(=O)[nH]c(N3CCN(Cc4ccc5c(c4)OCO5)CC3)n2)c1. The van der Waals surface area contributed by atoms with Gasteiger partial charge in [0.2, 0.25) is 12.7 Å². The molecule has 160 valence electrons. The number of piperazine rings is 1. The molecular formula is C23H24N4O4. The number of methoxy groups -OCH3 is 1. The Hall–Kier alpha value is -3.52. The Morgan fingerprint density at radius 2 is 1.87 bits per heavy atom. The lowest BCUT2D eigenvalue weighted by Gasteiger charge is -2.35. The van der Waals surface area contributed by atoms with Gasteiger partial charge in [-0.05, 0) is 29.8 Å². The van der Waals surface area contributed by atoms with Gasteiger partial charge in [-0.2, -0.15) is 0 Å². The van der Waals surface area contributed by atoms with E-state index in [1.165, 1.54) is 11.6 Å². The standard InChI is InChI=1S/C23H24N4O4/c1-29-18-4-2-3-17(12-18)19-13-22(28)25-23(24-19)27-9-7-26(8-10-27)14-16-5-6-20-21(11-16)31-15-30-20/h2-6,11-13H,7-10,14-15H2,1H3,(H,24,25,28). The first-order valence-electron chi connectivity index (χ1n) is 10.3. The number of benzene rings is 2. The molecule has 2 aliphatic heterocycles. The number of fused-ring (bicyclic) bond motifs is 1. The van der Waals surface area contributed by atoms with E-state index in [1.807, 2.05) is 36.4 Å². The molecule has 0 unspecified atom stereocenters. The molecular weight excluding hydrogens is 396 g/mol. The zero-order valence-electron chi connectivity index (χ0n) is 17.3. The van der Waals surface area contributed by atoms with Crippen molar-refractivity contribution in [2.24, 2.45) is 0 Å². The van der Waals surface area contributed by atoms with E-state index in [9.17, 15) is 4.79 Å². The van der Waals surface area contributed by atoms with Crippen LogP contribution in [0.25, 0.3) is 11.3 Å². The summed E-state index contributed by atoms with van der Waals surface area (Å²) in [6.07, 6.45) is 0. The molecule has 0 amide bonds. The Bertz CT molecular complexity index is 1140. The lowest BCUT2D eigenvalue weighted by Crippen LogP contribution is -2.47. The van der Waals surface area contributed by atoms with Gasteiger partial charge in [-0.25, -0.2) is 4.98 Å². The third-order valence-corrected chi connectivity index (χ3v) is 5.61. The summed E-state index contributed by atoms with van der Waals surface area (Å²) in [5.41, 5.74) is 2.53. The highest BCUT2D eigenvalue weighted by Crippen LogP contribution is 2.33. The van der Waals surface area contributed by atoms with E-state index in [1.54, 1.807) is 7.11 Å². The second-order valence-corrected chi connectivity index (χ2v) is 7.64. The zero-order valence-corrected chi connectivity index (χ0v) is 17.3. The van der Waals surface area contributed by atoms with Crippen molar-refractivity contribution >= 4 is 5.95 Å². The molecule has 0 atom stereocenters. The Labute approximate surface area is 180 Å². The van der Waals surface area contributed by atoms with E-state index in [0.29, 0.717) is 11.6 Å². The van der Waals surface area contributed by atoms with Crippen LogP contribution in [0.2, 0.25) is 0 Å². The molecule has 1 aromatic heterocycles. The minimum absolute atomic E-state index is 0.161. The second kappa shape index (κ2) is 8.31. The maximum absolute atomic E-state index is 12.3. The number of aromatic nitrogens is 2. The Morgan fingerprint density at radius 1 is 1.03 bits per heavy atom. The number of rotatable bonds is 5. The molecule has 1 saturated heterocycles. The molecule has 0 aliphatic carbocycles. The number of ether oxygens (including phenoxy) is 3. The molecule has 31 heavy (non-hydrogen) atoms. The summed E-state index contributed by atoms with van der Waals surface area (Å²) < 4.78 is 16.2. The molecule has 3 aromatic rings. The minimum atomic E-state index is -0.161. The van der Waals surface area contributed by atoms with Gasteiger partial charge in [-0.15, -0.1) is 0 Å². The molecule has 0 bridgehead atoms. The van der Waals surface area contributed by atoms with Crippen LogP contribution in [0.5, 0.6) is 17.2 Å². The topological polar surface area (TPSA) is 79.9 Å². The highest BCUT2D eigenvalue weighted by Gasteiger charge is 2.21. The average Bonchev–Trinajstić information content (AvgIpc) is 3.27. The summed E-state index contributed by atoms with van der Waals surface area (Å²) >= 11 is 0. The van der Waals surface area contributed by atoms with Crippen LogP contribution in [0, 0.1) is 0 Å². The number of hydrogen-bond acceptors (Lipinski definition) is 7. The van der Waals surface area contributed by atoms with E-state index in [2.05, 4.69) is 20.9 Å². The molecule has 2 aliphatic rings. The Balaban J connectivity index is 1.27. The third-order valence-electron chi connectivity index (χ3n) is 5.61. The first-order chi connectivity index (χ1) is 15.2. The number of hydrogen-bond donors (Lipinski definition) is 1. The molecule has 5 rings (SSSR count). The van der Waals surface area contributed by atoms with Crippen molar-refractivity contribution < 1.29 is 14.2 Å². The molecule has 8 nitrogen and oxygen atoms in total. The normalized spacial score (nSPS) is 15.8. The van der Waals surface area contributed by atoms with Crippen LogP contribution in [-0.4, -0.2) is 54.9 Å². The average molecular weight is 420 g/mol. The third kappa shape index (κ3) is 4.20. The van der Waals surface area contributed by atoms with Gasteiger partial charge in [0.15, 0.2) is 11.5 Å². The number of nitrogens with zero attached hydrogens (tertiary/aromatic N) is 3. The summed E-state index contributed by atoms with van der Waals surface area (Å²) in [5, 5.41) is 0. The first-order valence-corrected chi connectivity index (χ1v) is 10.3. The predicted molar refractivity (Wildman–Crippen MR) is 117 cm³/mol. The quantitative estimate of drug-likeness (QED) is 0.679. The summed E-state index contributed by atoms with van der Waals surface area (Å²) in [6.45, 7) is 4.46. The van der Waals surface area contributed by atoms with E-state index in [-0.39, 0.29) is 12.4 Å². The summed E-state index contributed by atoms with van der Waals surface area (Å²) in [5.74, 6) is 2.96. The summed E-state index contributed by atoms with van der Waals surface area (Å²) in [7, 11) is 1.62. The molecule has 8 heteroatoms. The fourth-order valence-corrected chi connectivity index (χ4v) is 3.94. The lowest BCUT2D eigenvalue weighted by molar-refractivity contribution is 0.174. The zero-order chi connectivity index (χ0) is 21.2. The van der Waals surface area contributed by atoms with Crippen LogP contribution in [-0.2, 0) is 6.54 Å². The fraction of sp³-hybridized carbons (Fsp3) is 0.304. The van der Waals surface area contributed by atoms with Crippen molar-refractivity contribution in [3.8, 4) is 28.5 Å². The largest absolute Gasteiger partial charge is 0.497 e. The smallest absolute Gasteiger partial charge is 0.252 e. The molecule has 1 fully saturated rings. The van der Waals surface area contributed by atoms with Crippen molar-refractivity contribution in [2.75, 3.05) is 45.0 Å². The highest BCUT2D eigenvalue weighted by atomic mass is 16.7. The van der Waals surface area contributed by atoms with E-state index in [0.717, 1.165) is 55.5 Å². The van der Waals surface area contributed by atoms with Gasteiger partial charge in [0, 0.05) is 44.4 Å². The van der Waals surface area contributed by atoms with Gasteiger partial charge in [-0.3, -0.25) is 14.7 Å². The van der Waals surface area contributed by atoms with Crippen LogP contribution < -0.4 is 24.7 Å². The number of aromatic amines is 1. The van der Waals surface area contributed by atoms with Crippen molar-refractivity contribution in [1.29, 1.82) is 0 Å². The Morgan fingerprint density at radius 3 is 2.71 bits per heavy atom. The summed E-state index contributed by atoms with van der Waals surface area (Å²) in [4.78, 5) is 24.4. The highest BCUT2D eigenvalue weighted by molar-refractivity contribution is 5.62. The Kier molecular flexibility index (Phi) is 5.21. The number of nitrogens with one attached hydrogen (secondary N) is 1. The minimum Gasteiger partial charge on any atom is -0.497 e. The van der Waals surface area contributed by atoms with E-state index in [4.69, 9.17) is 19.2 Å². The molecule has 0 saturated carbocycles. The van der Waals surface area contributed by atoms with Gasteiger partial charge in [0.1, 0.15) is 5.75 Å². The van der Waals surface area contributed by atoms with Crippen LogP contribution in [0.1, 0.15) is 5.56 Å². The first kappa shape index (κ1) is 19.4. The monoisotopic (exact) mass is 420 g/mol. The summed E-state index contributed by atoms with van der Waals surface area (Å²) in [6, 6.07) is 15.2. The van der Waals surface area contributed by atoms with Crippen LogP contribution in [0.15, 0.2) is 53.3 Å². The maximum Gasteiger partial charge on any atom is 0.252 e. The van der Waals surface area contributed by atoms with Crippen molar-refractivity contribution in [1.82, 2.24) is 14.9 Å². The van der Waals surface area contributed by atoms with E-state index < -0.39 is 0 Å². The van der Waals surface area contributed by atoms with E-state index >= 15 is 0 Å². The van der Waals surface area contributed by atoms with Gasteiger partial charge in [0.05, 0.1) is 12.8 Å². The number of H-pyrrole nitrogens is 1. The van der Waals surface area contributed by atoms with Gasteiger partial charge < -0.3 is 19.1 Å². The van der Waals surface area contributed by atoms with Crippen molar-refractivity contribution in [3.63, 3.8) is 0 Å².